The third-order valence-corrected chi connectivity index (χ3v) is 6.23. The van der Waals surface area contributed by atoms with Gasteiger partial charge in [0, 0.05) is 25.7 Å². The lowest BCUT2D eigenvalue weighted by Crippen LogP contribution is -2.36. The number of hydrogen-bond donors (Lipinski definition) is 1. The maximum Gasteiger partial charge on any atom is 0.241 e. The van der Waals surface area contributed by atoms with Gasteiger partial charge in [-0.2, -0.15) is 5.10 Å². The number of aromatic amines is 1. The Hall–Kier alpha value is -2.47. The number of anilines is 3. The highest BCUT2D eigenvalue weighted by atomic mass is 35.5. The molecule has 1 aromatic carbocycles. The molecule has 0 atom stereocenters. The Bertz CT molecular complexity index is 1030. The average Bonchev–Trinajstić information content (AvgIpc) is 3.23. The van der Waals surface area contributed by atoms with Crippen molar-refractivity contribution >= 4 is 28.9 Å². The van der Waals surface area contributed by atoms with Crippen molar-refractivity contribution in [3.63, 3.8) is 0 Å². The highest BCUT2D eigenvalue weighted by Gasteiger charge is 2.30. The van der Waals surface area contributed by atoms with Crippen LogP contribution in [0.3, 0.4) is 0 Å². The van der Waals surface area contributed by atoms with E-state index in [1.807, 2.05) is 6.33 Å². The van der Waals surface area contributed by atoms with E-state index < -0.39 is 0 Å². The summed E-state index contributed by atoms with van der Waals surface area (Å²) in [6.45, 7) is 9.24. The summed E-state index contributed by atoms with van der Waals surface area (Å²) >= 11 is 6.71. The van der Waals surface area contributed by atoms with Crippen molar-refractivity contribution in [2.45, 2.75) is 46.6 Å². The Morgan fingerprint density at radius 2 is 2.10 bits per heavy atom. The number of hydrogen-bond acceptors (Lipinski definition) is 3. The van der Waals surface area contributed by atoms with Crippen molar-refractivity contribution < 1.29 is 4.57 Å². The fraction of sp³-hybridized carbons (Fsp3) is 0.478. The molecule has 30 heavy (non-hydrogen) atoms. The molecule has 2 aromatic heterocycles. The second kappa shape index (κ2) is 8.34. The summed E-state index contributed by atoms with van der Waals surface area (Å²) in [6.07, 6.45) is 7.28. The van der Waals surface area contributed by atoms with Crippen molar-refractivity contribution in [1.82, 2.24) is 14.8 Å². The molecule has 7 heteroatoms. The van der Waals surface area contributed by atoms with Gasteiger partial charge in [0.1, 0.15) is 12.0 Å². The van der Waals surface area contributed by atoms with E-state index in [1.165, 1.54) is 28.2 Å². The van der Waals surface area contributed by atoms with E-state index in [9.17, 15) is 0 Å². The Kier molecular flexibility index (Phi) is 5.78. The summed E-state index contributed by atoms with van der Waals surface area (Å²) < 4.78 is 4.20. The molecule has 0 unspecified atom stereocenters. The molecule has 1 aliphatic heterocycles. The number of aromatic nitrogens is 4. The molecule has 0 aliphatic carbocycles. The Labute approximate surface area is 184 Å². The van der Waals surface area contributed by atoms with Crippen LogP contribution in [0.2, 0.25) is 5.02 Å². The van der Waals surface area contributed by atoms with E-state index in [1.54, 1.807) is 0 Å². The molecular weight excluding hydrogens is 396 g/mol. The number of aryl methyl sites for hydroxylation is 4. The summed E-state index contributed by atoms with van der Waals surface area (Å²) in [4.78, 5) is 7.98. The molecule has 3 aromatic rings. The number of benzene rings is 1. The highest BCUT2D eigenvalue weighted by molar-refractivity contribution is 6.33. The molecule has 0 radical (unpaired) electrons. The minimum absolute atomic E-state index is 0.803. The predicted molar refractivity (Wildman–Crippen MR) is 123 cm³/mol. The van der Waals surface area contributed by atoms with Gasteiger partial charge in [-0.05, 0) is 50.3 Å². The van der Waals surface area contributed by atoms with Crippen LogP contribution in [0.4, 0.5) is 17.3 Å². The van der Waals surface area contributed by atoms with Crippen LogP contribution in [-0.4, -0.2) is 27.9 Å². The molecule has 0 saturated carbocycles. The Balaban J connectivity index is 1.77. The molecule has 0 spiro atoms. The first-order valence-corrected chi connectivity index (χ1v) is 11.1. The summed E-state index contributed by atoms with van der Waals surface area (Å²) in [6, 6.07) is 4.26. The van der Waals surface area contributed by atoms with Gasteiger partial charge >= 0.3 is 0 Å². The highest BCUT2D eigenvalue weighted by Crippen LogP contribution is 2.42. The summed E-state index contributed by atoms with van der Waals surface area (Å²) in [7, 11) is 4.15. The minimum Gasteiger partial charge on any atom is -0.348 e. The molecule has 6 nitrogen and oxygen atoms in total. The smallest absolute Gasteiger partial charge is 0.241 e. The molecule has 160 valence electrons. The van der Waals surface area contributed by atoms with Gasteiger partial charge in [-0.3, -0.25) is 4.68 Å². The third kappa shape index (κ3) is 3.69. The van der Waals surface area contributed by atoms with Gasteiger partial charge in [-0.15, -0.1) is 0 Å². The average molecular weight is 428 g/mol. The molecule has 0 saturated heterocycles. The number of fused-ring (bicyclic) bond motifs is 1. The van der Waals surface area contributed by atoms with Gasteiger partial charge in [-0.25, -0.2) is 9.55 Å². The van der Waals surface area contributed by atoms with Crippen molar-refractivity contribution in [3.8, 4) is 0 Å². The van der Waals surface area contributed by atoms with Crippen LogP contribution in [0.25, 0.3) is 0 Å². The normalized spacial score (nSPS) is 13.6. The van der Waals surface area contributed by atoms with Gasteiger partial charge in [-0.1, -0.05) is 24.6 Å². The van der Waals surface area contributed by atoms with Gasteiger partial charge in [0.25, 0.3) is 0 Å². The molecule has 3 heterocycles. The van der Waals surface area contributed by atoms with Crippen molar-refractivity contribution in [2.75, 3.05) is 22.9 Å². The summed E-state index contributed by atoms with van der Waals surface area (Å²) in [5.41, 5.74) is 6.06. The number of rotatable bonds is 6. The van der Waals surface area contributed by atoms with Gasteiger partial charge < -0.3 is 9.80 Å². The SMILES string of the molecule is CCCN(Cc1c[nH]c[n+]1C)c1c2c(nn1C)N(c1c(C)cc(C)cc1Cl)CCC2. The molecule has 0 fully saturated rings. The van der Waals surface area contributed by atoms with Crippen molar-refractivity contribution in [3.05, 3.63) is 52.1 Å². The molecular formula is C23H32ClN6+. The zero-order chi connectivity index (χ0) is 21.4. The van der Waals surface area contributed by atoms with E-state index in [0.29, 0.717) is 0 Å². The van der Waals surface area contributed by atoms with E-state index in [4.69, 9.17) is 16.7 Å². The first-order valence-electron chi connectivity index (χ1n) is 10.8. The number of nitrogens with one attached hydrogen (secondary N) is 1. The molecule has 1 N–H and O–H groups in total. The fourth-order valence-electron chi connectivity index (χ4n) is 4.68. The fourth-order valence-corrected chi connectivity index (χ4v) is 5.10. The van der Waals surface area contributed by atoms with Gasteiger partial charge in [0.05, 0.1) is 24.3 Å². The number of nitrogens with zero attached hydrogens (tertiary/aromatic N) is 5. The van der Waals surface area contributed by atoms with Gasteiger partial charge in [0.2, 0.25) is 6.33 Å². The standard InChI is InChI=1S/C23H31ClN6/c1-6-9-29(14-18-13-25-15-27(18)4)23-19-8-7-10-30(22(19)26-28(23)5)21-17(3)11-16(2)12-20(21)24/h11-13,15H,6-10,14H2,1-5H3/p+1. The van der Waals surface area contributed by atoms with Crippen LogP contribution >= 0.6 is 11.6 Å². The molecule has 0 amide bonds. The predicted octanol–water partition coefficient (Wildman–Crippen LogP) is 4.34. The van der Waals surface area contributed by atoms with E-state index in [2.05, 4.69) is 77.2 Å². The lowest BCUT2D eigenvalue weighted by molar-refractivity contribution is -0.677. The second-order valence-electron chi connectivity index (χ2n) is 8.38. The third-order valence-electron chi connectivity index (χ3n) is 5.94. The zero-order valence-corrected chi connectivity index (χ0v) is 19.4. The zero-order valence-electron chi connectivity index (χ0n) is 18.7. The first kappa shape index (κ1) is 20.8. The van der Waals surface area contributed by atoms with Crippen LogP contribution in [0.15, 0.2) is 24.7 Å². The van der Waals surface area contributed by atoms with Crippen LogP contribution < -0.4 is 14.4 Å². The van der Waals surface area contributed by atoms with Crippen molar-refractivity contribution in [1.29, 1.82) is 0 Å². The monoisotopic (exact) mass is 427 g/mol. The minimum atomic E-state index is 0.803. The van der Waals surface area contributed by atoms with E-state index in [-0.39, 0.29) is 0 Å². The largest absolute Gasteiger partial charge is 0.348 e. The summed E-state index contributed by atoms with van der Waals surface area (Å²) in [5.74, 6) is 2.27. The Morgan fingerprint density at radius 1 is 1.30 bits per heavy atom. The lowest BCUT2D eigenvalue weighted by Gasteiger charge is -2.31. The number of halogens is 1. The van der Waals surface area contributed by atoms with Crippen LogP contribution in [-0.2, 0) is 27.1 Å². The van der Waals surface area contributed by atoms with Crippen molar-refractivity contribution in [2.24, 2.45) is 14.1 Å². The van der Waals surface area contributed by atoms with Crippen LogP contribution in [0.5, 0.6) is 0 Å². The lowest BCUT2D eigenvalue weighted by atomic mass is 10.0. The van der Waals surface area contributed by atoms with E-state index in [0.717, 1.165) is 55.4 Å². The maximum absolute atomic E-state index is 6.71. The number of imidazole rings is 1. The topological polar surface area (TPSA) is 44.0 Å². The molecule has 0 bridgehead atoms. The van der Waals surface area contributed by atoms with Gasteiger partial charge in [0.15, 0.2) is 11.5 Å². The Morgan fingerprint density at radius 3 is 2.77 bits per heavy atom. The number of H-pyrrole nitrogens is 1. The summed E-state index contributed by atoms with van der Waals surface area (Å²) in [5, 5.41) is 5.80. The van der Waals surface area contributed by atoms with E-state index >= 15 is 0 Å². The molecule has 1 aliphatic rings. The van der Waals surface area contributed by atoms with Crippen LogP contribution in [0.1, 0.15) is 42.1 Å². The second-order valence-corrected chi connectivity index (χ2v) is 8.79. The quantitative estimate of drug-likeness (QED) is 0.595. The maximum atomic E-state index is 6.71. The first-order chi connectivity index (χ1) is 14.4. The van der Waals surface area contributed by atoms with Crippen LogP contribution in [0, 0.1) is 13.8 Å². The molecule has 4 rings (SSSR count).